The molecule has 130 valence electrons. The maximum atomic E-state index is 13.1. The number of halogens is 4. The number of benzene rings is 1. The molecule has 24 heavy (non-hydrogen) atoms. The predicted octanol–water partition coefficient (Wildman–Crippen LogP) is 3.38. The highest BCUT2D eigenvalue weighted by atomic mass is 19.4. The lowest BCUT2D eigenvalue weighted by Crippen LogP contribution is -2.39. The van der Waals surface area contributed by atoms with Gasteiger partial charge in [-0.1, -0.05) is 0 Å². The van der Waals surface area contributed by atoms with Crippen LogP contribution in [0.1, 0.15) is 34.4 Å². The van der Waals surface area contributed by atoms with Gasteiger partial charge in [0.15, 0.2) is 0 Å². The number of carbonyl (C=O) groups is 1. The number of nitrogens with one attached hydrogen (secondary N) is 1. The molecular weight excluding hydrogens is 330 g/mol. The number of hydrogen-bond donors (Lipinski definition) is 2. The average Bonchev–Trinajstić information content (AvgIpc) is 2.91. The van der Waals surface area contributed by atoms with Crippen LogP contribution in [0, 0.1) is 12.7 Å². The highest BCUT2D eigenvalue weighted by Crippen LogP contribution is 2.32. The first kappa shape index (κ1) is 18.0. The minimum absolute atomic E-state index is 0.162. The lowest BCUT2D eigenvalue weighted by molar-refractivity contribution is -0.138. The second-order valence-corrected chi connectivity index (χ2v) is 5.55. The number of aliphatic hydroxyl groups is 1. The summed E-state index contributed by atoms with van der Waals surface area (Å²) in [5, 5.41) is 12.5. The van der Waals surface area contributed by atoms with Gasteiger partial charge in [-0.05, 0) is 44.2 Å². The molecule has 0 saturated carbocycles. The van der Waals surface area contributed by atoms with Crippen LogP contribution in [0.3, 0.4) is 0 Å². The Morgan fingerprint density at radius 3 is 2.46 bits per heavy atom. The summed E-state index contributed by atoms with van der Waals surface area (Å²) < 4.78 is 57.1. The van der Waals surface area contributed by atoms with Crippen LogP contribution in [0.15, 0.2) is 34.7 Å². The summed E-state index contributed by atoms with van der Waals surface area (Å²) in [6, 6.07) is 4.87. The minimum atomic E-state index is -4.88. The van der Waals surface area contributed by atoms with E-state index in [0.717, 1.165) is 12.1 Å². The third-order valence-electron chi connectivity index (χ3n) is 3.40. The van der Waals surface area contributed by atoms with Crippen LogP contribution in [-0.4, -0.2) is 17.6 Å². The first-order valence-corrected chi connectivity index (χ1v) is 6.95. The van der Waals surface area contributed by atoms with E-state index in [-0.39, 0.29) is 18.4 Å². The van der Waals surface area contributed by atoms with E-state index < -0.39 is 34.6 Å². The number of alkyl halides is 3. The SMILES string of the molecule is Cc1ccc(C(C)(O)CNC(=O)c2ccc(F)cc2C(F)(F)F)o1. The molecule has 0 aliphatic heterocycles. The van der Waals surface area contributed by atoms with E-state index in [1.807, 2.05) is 0 Å². The summed E-state index contributed by atoms with van der Waals surface area (Å²) >= 11 is 0. The van der Waals surface area contributed by atoms with Crippen LogP contribution in [0.25, 0.3) is 0 Å². The zero-order valence-electron chi connectivity index (χ0n) is 12.9. The average molecular weight is 345 g/mol. The van der Waals surface area contributed by atoms with E-state index in [1.54, 1.807) is 13.0 Å². The molecule has 0 aliphatic rings. The summed E-state index contributed by atoms with van der Waals surface area (Å²) in [5.74, 6) is -1.48. The third kappa shape index (κ3) is 3.94. The number of amides is 1. The third-order valence-corrected chi connectivity index (χ3v) is 3.40. The smallest absolute Gasteiger partial charge is 0.417 e. The predicted molar refractivity (Wildman–Crippen MR) is 76.8 cm³/mol. The van der Waals surface area contributed by atoms with Gasteiger partial charge in [0.05, 0.1) is 17.7 Å². The number of carbonyl (C=O) groups excluding carboxylic acids is 1. The fourth-order valence-electron chi connectivity index (χ4n) is 2.11. The van der Waals surface area contributed by atoms with Crippen molar-refractivity contribution in [3.63, 3.8) is 0 Å². The lowest BCUT2D eigenvalue weighted by Gasteiger charge is -2.22. The molecule has 0 spiro atoms. The molecule has 1 atom stereocenters. The van der Waals surface area contributed by atoms with Crippen molar-refractivity contribution in [2.45, 2.75) is 25.6 Å². The molecule has 2 N–H and O–H groups in total. The molecule has 8 heteroatoms. The number of aryl methyl sites for hydroxylation is 1. The zero-order valence-corrected chi connectivity index (χ0v) is 12.9. The van der Waals surface area contributed by atoms with Gasteiger partial charge in [-0.25, -0.2) is 4.39 Å². The van der Waals surface area contributed by atoms with Crippen LogP contribution in [-0.2, 0) is 11.8 Å². The molecule has 0 radical (unpaired) electrons. The van der Waals surface area contributed by atoms with Crippen LogP contribution >= 0.6 is 0 Å². The standard InChI is InChI=1S/C16H15F4NO3/c1-9-3-6-13(24-9)15(2,23)8-21-14(22)11-5-4-10(17)7-12(11)16(18,19)20/h3-7,23H,8H2,1-2H3,(H,21,22). The summed E-state index contributed by atoms with van der Waals surface area (Å²) in [6.45, 7) is 2.63. The molecule has 1 aromatic carbocycles. The van der Waals surface area contributed by atoms with Gasteiger partial charge in [-0.2, -0.15) is 13.2 Å². The molecule has 1 heterocycles. The fourth-order valence-corrected chi connectivity index (χ4v) is 2.11. The molecule has 2 aromatic rings. The Morgan fingerprint density at radius 2 is 1.92 bits per heavy atom. The van der Waals surface area contributed by atoms with Gasteiger partial charge in [-0.3, -0.25) is 4.79 Å². The summed E-state index contributed by atoms with van der Waals surface area (Å²) in [5.41, 5.74) is -3.72. The quantitative estimate of drug-likeness (QED) is 0.835. The molecular formula is C16H15F4NO3. The highest BCUT2D eigenvalue weighted by molar-refractivity contribution is 5.95. The van der Waals surface area contributed by atoms with E-state index >= 15 is 0 Å². The van der Waals surface area contributed by atoms with Crippen molar-refractivity contribution in [3.8, 4) is 0 Å². The van der Waals surface area contributed by atoms with Crippen LogP contribution in [0.5, 0.6) is 0 Å². The van der Waals surface area contributed by atoms with Crippen molar-refractivity contribution >= 4 is 5.91 Å². The topological polar surface area (TPSA) is 62.5 Å². The monoisotopic (exact) mass is 345 g/mol. The molecule has 4 nitrogen and oxygen atoms in total. The molecule has 2 rings (SSSR count). The molecule has 1 unspecified atom stereocenters. The van der Waals surface area contributed by atoms with E-state index in [0.29, 0.717) is 5.76 Å². The second kappa shape index (κ2) is 6.27. The Hall–Kier alpha value is -2.35. The Balaban J connectivity index is 2.19. The van der Waals surface area contributed by atoms with Crippen molar-refractivity contribution in [2.75, 3.05) is 6.54 Å². The second-order valence-electron chi connectivity index (χ2n) is 5.55. The van der Waals surface area contributed by atoms with Gasteiger partial charge in [-0.15, -0.1) is 0 Å². The lowest BCUT2D eigenvalue weighted by atomic mass is 10.0. The molecule has 1 aromatic heterocycles. The Labute approximate surface area is 135 Å². The van der Waals surface area contributed by atoms with Crippen LogP contribution < -0.4 is 5.32 Å². The van der Waals surface area contributed by atoms with E-state index in [1.165, 1.54) is 13.0 Å². The van der Waals surface area contributed by atoms with Crippen molar-refractivity contribution in [3.05, 3.63) is 58.8 Å². The van der Waals surface area contributed by atoms with Gasteiger partial charge in [0.25, 0.3) is 5.91 Å². The molecule has 1 amide bonds. The van der Waals surface area contributed by atoms with Gasteiger partial charge in [0.1, 0.15) is 22.9 Å². The fraction of sp³-hybridized carbons (Fsp3) is 0.312. The summed E-state index contributed by atoms with van der Waals surface area (Å²) in [7, 11) is 0. The normalized spacial score (nSPS) is 14.3. The summed E-state index contributed by atoms with van der Waals surface area (Å²) in [4.78, 5) is 12.0. The van der Waals surface area contributed by atoms with E-state index in [2.05, 4.69) is 5.32 Å². The van der Waals surface area contributed by atoms with Crippen LogP contribution in [0.4, 0.5) is 17.6 Å². The minimum Gasteiger partial charge on any atom is -0.463 e. The maximum Gasteiger partial charge on any atom is 0.417 e. The number of hydrogen-bond acceptors (Lipinski definition) is 3. The van der Waals surface area contributed by atoms with Crippen molar-refractivity contribution in [1.29, 1.82) is 0 Å². The Morgan fingerprint density at radius 1 is 1.25 bits per heavy atom. The van der Waals surface area contributed by atoms with Gasteiger partial charge < -0.3 is 14.8 Å². The zero-order chi connectivity index (χ0) is 18.1. The Bertz CT molecular complexity index is 750. The largest absolute Gasteiger partial charge is 0.463 e. The van der Waals surface area contributed by atoms with Crippen LogP contribution in [0.2, 0.25) is 0 Å². The van der Waals surface area contributed by atoms with E-state index in [9.17, 15) is 27.5 Å². The molecule has 0 saturated heterocycles. The Kier molecular flexibility index (Phi) is 4.70. The first-order valence-electron chi connectivity index (χ1n) is 6.95. The molecule has 0 aliphatic carbocycles. The molecule has 0 fully saturated rings. The summed E-state index contributed by atoms with van der Waals surface area (Å²) in [6.07, 6.45) is -4.88. The first-order chi connectivity index (χ1) is 11.0. The van der Waals surface area contributed by atoms with Crippen molar-refractivity contribution in [2.24, 2.45) is 0 Å². The van der Waals surface area contributed by atoms with E-state index in [4.69, 9.17) is 4.42 Å². The van der Waals surface area contributed by atoms with Gasteiger partial charge in [0.2, 0.25) is 0 Å². The van der Waals surface area contributed by atoms with Crippen molar-refractivity contribution in [1.82, 2.24) is 5.32 Å². The molecule has 0 bridgehead atoms. The van der Waals surface area contributed by atoms with Gasteiger partial charge in [0, 0.05) is 0 Å². The number of furan rings is 1. The van der Waals surface area contributed by atoms with Crippen molar-refractivity contribution < 1.29 is 31.9 Å². The maximum absolute atomic E-state index is 13.1. The highest BCUT2D eigenvalue weighted by Gasteiger charge is 2.36. The number of rotatable bonds is 4. The van der Waals surface area contributed by atoms with Gasteiger partial charge >= 0.3 is 6.18 Å².